The minimum Gasteiger partial charge on any atom is -0.382 e. The van der Waals surface area contributed by atoms with E-state index in [0.29, 0.717) is 17.1 Å². The fraction of sp³-hybridized carbons (Fsp3) is 0.455. The summed E-state index contributed by atoms with van der Waals surface area (Å²) in [7, 11) is 1.47. The van der Waals surface area contributed by atoms with Crippen molar-refractivity contribution in [2.24, 2.45) is 0 Å². The lowest BCUT2D eigenvalue weighted by Gasteiger charge is -2.42. The number of alkyl halides is 3. The Morgan fingerprint density at radius 2 is 2.00 bits per heavy atom. The van der Waals surface area contributed by atoms with Gasteiger partial charge < -0.3 is 14.5 Å². The first-order valence-corrected chi connectivity index (χ1v) is 10.2. The maximum absolute atomic E-state index is 13.4. The van der Waals surface area contributed by atoms with Crippen LogP contribution in [0, 0.1) is 25.2 Å². The number of piperazine rings is 1. The number of rotatable bonds is 5. The van der Waals surface area contributed by atoms with Crippen LogP contribution < -0.4 is 10.6 Å². The molecule has 2 aromatic rings. The minimum absolute atomic E-state index is 0.174. The number of aryl methyl sites for hydroxylation is 2. The van der Waals surface area contributed by atoms with Crippen LogP contribution in [0.15, 0.2) is 29.1 Å². The van der Waals surface area contributed by atoms with Gasteiger partial charge in [-0.2, -0.15) is 23.4 Å². The normalized spacial score (nSPS) is 16.6. The number of amides is 1. The Balaban J connectivity index is 1.82. The molecule has 11 heteroatoms. The first-order chi connectivity index (χ1) is 15.5. The van der Waals surface area contributed by atoms with Crippen LogP contribution in [0.1, 0.15) is 22.5 Å². The average molecular weight is 463 g/mol. The molecule has 1 aliphatic heterocycles. The third-order valence-corrected chi connectivity index (χ3v) is 5.59. The van der Waals surface area contributed by atoms with Crippen LogP contribution in [0.3, 0.4) is 0 Å². The molecule has 0 N–H and O–H groups in total. The maximum Gasteiger partial charge on any atom is 0.417 e. The minimum atomic E-state index is -4.66. The molecule has 176 valence electrons. The number of aromatic nitrogens is 2. The van der Waals surface area contributed by atoms with Gasteiger partial charge in [0.1, 0.15) is 6.54 Å². The summed E-state index contributed by atoms with van der Waals surface area (Å²) < 4.78 is 46.8. The summed E-state index contributed by atoms with van der Waals surface area (Å²) in [6.45, 7) is 4.15. The number of hydrogen-bond donors (Lipinski definition) is 0. The van der Waals surface area contributed by atoms with E-state index in [-0.39, 0.29) is 38.7 Å². The van der Waals surface area contributed by atoms with Gasteiger partial charge in [-0.15, -0.1) is 0 Å². The topological polar surface area (TPSA) is 91.5 Å². The van der Waals surface area contributed by atoms with Gasteiger partial charge >= 0.3 is 11.9 Å². The molecule has 0 bridgehead atoms. The summed E-state index contributed by atoms with van der Waals surface area (Å²) in [4.78, 5) is 32.3. The smallest absolute Gasteiger partial charge is 0.382 e. The zero-order valence-corrected chi connectivity index (χ0v) is 18.5. The maximum atomic E-state index is 13.4. The van der Waals surface area contributed by atoms with Crippen LogP contribution in [0.2, 0.25) is 0 Å². The molecule has 1 unspecified atom stereocenters. The molecule has 1 aliphatic rings. The molecule has 0 radical (unpaired) electrons. The molecule has 1 aromatic carbocycles. The van der Waals surface area contributed by atoms with Crippen molar-refractivity contribution >= 4 is 11.6 Å². The first kappa shape index (κ1) is 24.3. The van der Waals surface area contributed by atoms with Crippen molar-refractivity contribution in [3.63, 3.8) is 0 Å². The van der Waals surface area contributed by atoms with Crippen LogP contribution in [-0.4, -0.2) is 59.8 Å². The second-order valence-electron chi connectivity index (χ2n) is 7.89. The van der Waals surface area contributed by atoms with Crippen molar-refractivity contribution in [3.8, 4) is 6.07 Å². The second kappa shape index (κ2) is 9.62. The zero-order valence-electron chi connectivity index (χ0n) is 18.5. The van der Waals surface area contributed by atoms with E-state index in [2.05, 4.69) is 4.98 Å². The number of hydrogen-bond acceptors (Lipinski definition) is 6. The number of nitriles is 1. The third kappa shape index (κ3) is 5.34. The molecule has 1 atom stereocenters. The van der Waals surface area contributed by atoms with Gasteiger partial charge in [-0.3, -0.25) is 9.36 Å². The van der Waals surface area contributed by atoms with Gasteiger partial charge in [0.25, 0.3) is 0 Å². The van der Waals surface area contributed by atoms with Crippen LogP contribution >= 0.6 is 0 Å². The number of halogens is 3. The second-order valence-corrected chi connectivity index (χ2v) is 7.89. The van der Waals surface area contributed by atoms with Crippen molar-refractivity contribution in [2.45, 2.75) is 32.6 Å². The Labute approximate surface area is 188 Å². The van der Waals surface area contributed by atoms with E-state index >= 15 is 0 Å². The number of nitrogens with zero attached hydrogens (tertiary/aromatic N) is 5. The number of anilines is 1. The number of methoxy groups -OCH3 is 1. The van der Waals surface area contributed by atoms with E-state index in [9.17, 15) is 22.8 Å². The molecular formula is C22H24F3N5O3. The van der Waals surface area contributed by atoms with Gasteiger partial charge in [0.15, 0.2) is 0 Å². The van der Waals surface area contributed by atoms with Crippen LogP contribution in [0.5, 0.6) is 0 Å². The van der Waals surface area contributed by atoms with Crippen LogP contribution in [0.4, 0.5) is 18.9 Å². The van der Waals surface area contributed by atoms with E-state index in [1.807, 2.05) is 0 Å². The van der Waals surface area contributed by atoms with Crippen LogP contribution in [-0.2, 0) is 22.3 Å². The summed E-state index contributed by atoms with van der Waals surface area (Å²) in [5, 5.41) is 9.03. The SMILES string of the molecule is COCC1CN(C(=O)Cn2c(C)cc(C)nc2=O)CCN1c1ccc(C#N)c(C(F)(F)F)c1. The molecule has 0 spiro atoms. The molecule has 0 saturated carbocycles. The summed E-state index contributed by atoms with van der Waals surface area (Å²) in [5.41, 5.74) is -0.481. The predicted octanol–water partition coefficient (Wildman–Crippen LogP) is 2.11. The summed E-state index contributed by atoms with van der Waals surface area (Å²) in [6.07, 6.45) is -4.66. The Morgan fingerprint density at radius 1 is 1.27 bits per heavy atom. The lowest BCUT2D eigenvalue weighted by molar-refractivity contribution is -0.137. The number of carbonyl (C=O) groups excluding carboxylic acids is 1. The highest BCUT2D eigenvalue weighted by atomic mass is 19.4. The van der Waals surface area contributed by atoms with Crippen molar-refractivity contribution in [1.29, 1.82) is 5.26 Å². The Morgan fingerprint density at radius 3 is 2.61 bits per heavy atom. The van der Waals surface area contributed by atoms with Gasteiger partial charge in [-0.05, 0) is 38.1 Å². The number of carbonyl (C=O) groups is 1. The first-order valence-electron chi connectivity index (χ1n) is 10.2. The predicted molar refractivity (Wildman–Crippen MR) is 114 cm³/mol. The van der Waals surface area contributed by atoms with Crippen molar-refractivity contribution < 1.29 is 22.7 Å². The Bertz CT molecular complexity index is 1140. The molecule has 33 heavy (non-hydrogen) atoms. The zero-order chi connectivity index (χ0) is 24.3. The van der Waals surface area contributed by atoms with Gasteiger partial charge in [-0.1, -0.05) is 0 Å². The van der Waals surface area contributed by atoms with Crippen LogP contribution in [0.25, 0.3) is 0 Å². The molecule has 1 aromatic heterocycles. The largest absolute Gasteiger partial charge is 0.417 e. The molecule has 1 saturated heterocycles. The molecule has 1 fully saturated rings. The Kier molecular flexibility index (Phi) is 7.07. The van der Waals surface area contributed by atoms with E-state index in [0.717, 1.165) is 12.1 Å². The van der Waals surface area contributed by atoms with E-state index in [1.54, 1.807) is 35.8 Å². The molecule has 1 amide bonds. The van der Waals surface area contributed by atoms with Crippen molar-refractivity contribution in [3.05, 3.63) is 57.3 Å². The molecule has 3 rings (SSSR count). The fourth-order valence-corrected chi connectivity index (χ4v) is 4.00. The number of benzene rings is 1. The molecule has 8 nitrogen and oxygen atoms in total. The highest BCUT2D eigenvalue weighted by Gasteiger charge is 2.36. The summed E-state index contributed by atoms with van der Waals surface area (Å²) in [6, 6.07) is 6.46. The third-order valence-electron chi connectivity index (χ3n) is 5.59. The van der Waals surface area contributed by atoms with Gasteiger partial charge in [-0.25, -0.2) is 4.79 Å². The highest BCUT2D eigenvalue weighted by molar-refractivity contribution is 5.76. The van der Waals surface area contributed by atoms with Gasteiger partial charge in [0, 0.05) is 43.8 Å². The van der Waals surface area contributed by atoms with Gasteiger partial charge in [0.2, 0.25) is 5.91 Å². The summed E-state index contributed by atoms with van der Waals surface area (Å²) >= 11 is 0. The highest BCUT2D eigenvalue weighted by Crippen LogP contribution is 2.35. The van der Waals surface area contributed by atoms with E-state index < -0.39 is 29.0 Å². The van der Waals surface area contributed by atoms with E-state index in [4.69, 9.17) is 10.00 Å². The molecule has 2 heterocycles. The number of ether oxygens (including phenoxy) is 1. The van der Waals surface area contributed by atoms with Gasteiger partial charge in [0.05, 0.1) is 29.8 Å². The quantitative estimate of drug-likeness (QED) is 0.675. The molecular weight excluding hydrogens is 439 g/mol. The van der Waals surface area contributed by atoms with Crippen molar-refractivity contribution in [2.75, 3.05) is 38.3 Å². The lowest BCUT2D eigenvalue weighted by Crippen LogP contribution is -2.57. The lowest BCUT2D eigenvalue weighted by atomic mass is 10.0. The Hall–Kier alpha value is -3.39. The van der Waals surface area contributed by atoms with E-state index in [1.165, 1.54) is 17.7 Å². The monoisotopic (exact) mass is 463 g/mol. The fourth-order valence-electron chi connectivity index (χ4n) is 4.00. The standard InChI is InChI=1S/C22H24F3N5O3/c1-14-8-15(2)30(21(32)27-14)12-20(31)28-6-7-29(18(11-28)13-33-3)17-5-4-16(10-26)19(9-17)22(23,24)25/h4-5,8-9,18H,6-7,11-13H2,1-3H3. The van der Waals surface area contributed by atoms with Crippen molar-refractivity contribution in [1.82, 2.24) is 14.5 Å². The molecule has 0 aliphatic carbocycles. The average Bonchev–Trinajstić information content (AvgIpc) is 2.75. The summed E-state index contributed by atoms with van der Waals surface area (Å²) in [5.74, 6) is -0.289.